The highest BCUT2D eigenvalue weighted by Crippen LogP contribution is 2.37. The second-order valence-electron chi connectivity index (χ2n) is 8.50. The summed E-state index contributed by atoms with van der Waals surface area (Å²) < 4.78 is 16.1. The van der Waals surface area contributed by atoms with E-state index in [4.69, 9.17) is 14.2 Å². The van der Waals surface area contributed by atoms with Gasteiger partial charge in [0.05, 0.1) is 27.4 Å². The molecule has 10 nitrogen and oxygen atoms in total. The number of carbonyl (C=O) groups excluding carboxylic acids is 3. The monoisotopic (exact) mass is 460 g/mol. The van der Waals surface area contributed by atoms with Gasteiger partial charge in [0, 0.05) is 52.1 Å². The van der Waals surface area contributed by atoms with Crippen LogP contribution in [-0.4, -0.2) is 98.7 Å². The third-order valence-corrected chi connectivity index (χ3v) is 6.50. The Hall–Kier alpha value is -2.85. The van der Waals surface area contributed by atoms with Gasteiger partial charge in [0.1, 0.15) is 6.04 Å². The van der Waals surface area contributed by atoms with E-state index in [2.05, 4.69) is 10.2 Å². The number of methoxy groups -OCH3 is 2. The molecule has 1 aromatic carbocycles. The Morgan fingerprint density at radius 1 is 1.09 bits per heavy atom. The zero-order valence-corrected chi connectivity index (χ0v) is 19.3. The van der Waals surface area contributed by atoms with Crippen LogP contribution in [0, 0.1) is 0 Å². The van der Waals surface area contributed by atoms with Crippen LogP contribution in [0.1, 0.15) is 24.0 Å². The summed E-state index contributed by atoms with van der Waals surface area (Å²) in [4.78, 5) is 43.2. The van der Waals surface area contributed by atoms with E-state index in [1.807, 2.05) is 12.1 Å². The van der Waals surface area contributed by atoms with Gasteiger partial charge in [0.2, 0.25) is 5.91 Å². The summed E-state index contributed by atoms with van der Waals surface area (Å²) in [5.41, 5.74) is 1.93. The maximum atomic E-state index is 13.0. The molecule has 0 saturated carbocycles. The molecule has 0 unspecified atom stereocenters. The second-order valence-corrected chi connectivity index (χ2v) is 8.50. The van der Waals surface area contributed by atoms with Crippen molar-refractivity contribution in [3.8, 4) is 11.5 Å². The lowest BCUT2D eigenvalue weighted by molar-refractivity contribution is -0.129. The minimum atomic E-state index is -0.509. The lowest BCUT2D eigenvalue weighted by Gasteiger charge is -2.29. The van der Waals surface area contributed by atoms with E-state index in [-0.39, 0.29) is 30.8 Å². The number of benzene rings is 1. The van der Waals surface area contributed by atoms with Gasteiger partial charge in [-0.3, -0.25) is 19.4 Å². The quantitative estimate of drug-likeness (QED) is 0.539. The van der Waals surface area contributed by atoms with E-state index in [0.717, 1.165) is 44.0 Å². The van der Waals surface area contributed by atoms with Crippen LogP contribution in [0.5, 0.6) is 11.5 Å². The van der Waals surface area contributed by atoms with Crippen LogP contribution < -0.4 is 14.8 Å². The van der Waals surface area contributed by atoms with E-state index in [1.165, 1.54) is 4.90 Å². The van der Waals surface area contributed by atoms with Gasteiger partial charge in [-0.15, -0.1) is 0 Å². The fourth-order valence-electron chi connectivity index (χ4n) is 4.63. The van der Waals surface area contributed by atoms with Crippen molar-refractivity contribution < 1.29 is 28.6 Å². The lowest BCUT2D eigenvalue weighted by Crippen LogP contribution is -2.41. The first-order valence-electron chi connectivity index (χ1n) is 11.4. The number of ether oxygens (including phenoxy) is 3. The van der Waals surface area contributed by atoms with Crippen molar-refractivity contribution in [2.45, 2.75) is 31.8 Å². The number of nitrogens with one attached hydrogen (secondary N) is 1. The molecule has 3 aliphatic heterocycles. The molecular formula is C23H32N4O6. The molecule has 2 fully saturated rings. The van der Waals surface area contributed by atoms with Crippen LogP contribution in [0.25, 0.3) is 0 Å². The molecule has 0 aromatic heterocycles. The van der Waals surface area contributed by atoms with Crippen molar-refractivity contribution in [1.82, 2.24) is 20.0 Å². The van der Waals surface area contributed by atoms with Gasteiger partial charge in [-0.1, -0.05) is 0 Å². The molecule has 180 valence electrons. The average molecular weight is 461 g/mol. The van der Waals surface area contributed by atoms with E-state index in [0.29, 0.717) is 37.4 Å². The Labute approximate surface area is 193 Å². The van der Waals surface area contributed by atoms with Crippen LogP contribution >= 0.6 is 0 Å². The predicted molar refractivity (Wildman–Crippen MR) is 119 cm³/mol. The molecule has 0 bridgehead atoms. The Kier molecular flexibility index (Phi) is 7.34. The molecule has 33 heavy (non-hydrogen) atoms. The molecule has 0 aliphatic carbocycles. The van der Waals surface area contributed by atoms with Crippen molar-refractivity contribution in [3.05, 3.63) is 23.3 Å². The number of amides is 4. The lowest BCUT2D eigenvalue weighted by atomic mass is 9.94. The van der Waals surface area contributed by atoms with Gasteiger partial charge in [-0.25, -0.2) is 4.79 Å². The zero-order chi connectivity index (χ0) is 23.4. The number of rotatable bonds is 9. The molecule has 4 amide bonds. The Balaban J connectivity index is 1.27. The standard InChI is InChI=1S/C23H32N4O6/c1-31-19-13-16-12-18-22(29)26(23(30)27(18)15-17(16)14-20(19)32-2)6-3-4-21(28)24-5-7-25-8-10-33-11-9-25/h13-14,18H,3-12,15H2,1-2H3,(H,24,28)/t18-/m1/s1. The van der Waals surface area contributed by atoms with Crippen molar-refractivity contribution in [2.75, 3.05) is 60.2 Å². The number of imide groups is 1. The van der Waals surface area contributed by atoms with Gasteiger partial charge in [0.25, 0.3) is 5.91 Å². The van der Waals surface area contributed by atoms with Crippen molar-refractivity contribution in [1.29, 1.82) is 0 Å². The number of nitrogens with zero attached hydrogens (tertiary/aromatic N) is 3. The highest BCUT2D eigenvalue weighted by Gasteiger charge is 2.47. The molecule has 1 N–H and O–H groups in total. The van der Waals surface area contributed by atoms with Crippen LogP contribution in [0.2, 0.25) is 0 Å². The summed E-state index contributed by atoms with van der Waals surface area (Å²) in [6.07, 6.45) is 1.16. The average Bonchev–Trinajstić information content (AvgIpc) is 3.06. The van der Waals surface area contributed by atoms with Crippen LogP contribution in [-0.2, 0) is 27.3 Å². The highest BCUT2D eigenvalue weighted by atomic mass is 16.5. The van der Waals surface area contributed by atoms with E-state index >= 15 is 0 Å². The number of hydrogen-bond donors (Lipinski definition) is 1. The number of urea groups is 1. The fourth-order valence-corrected chi connectivity index (χ4v) is 4.63. The first-order valence-corrected chi connectivity index (χ1v) is 11.4. The van der Waals surface area contributed by atoms with Crippen LogP contribution in [0.4, 0.5) is 4.79 Å². The molecule has 2 saturated heterocycles. The summed E-state index contributed by atoms with van der Waals surface area (Å²) in [6, 6.07) is 2.95. The SMILES string of the molecule is COc1cc2c(cc1OC)CN1C(=O)N(CCCC(=O)NCCN3CCOCC3)C(=O)[C@H]1C2. The summed E-state index contributed by atoms with van der Waals surface area (Å²) in [5, 5.41) is 2.92. The summed E-state index contributed by atoms with van der Waals surface area (Å²) >= 11 is 0. The normalized spacial score (nSPS) is 20.5. The maximum absolute atomic E-state index is 13.0. The van der Waals surface area contributed by atoms with Crippen molar-refractivity contribution in [3.63, 3.8) is 0 Å². The number of fused-ring (bicyclic) bond motifs is 2. The Morgan fingerprint density at radius 3 is 2.48 bits per heavy atom. The summed E-state index contributed by atoms with van der Waals surface area (Å²) in [7, 11) is 3.14. The molecular weight excluding hydrogens is 428 g/mol. The molecule has 1 atom stereocenters. The largest absolute Gasteiger partial charge is 0.493 e. The molecule has 4 rings (SSSR count). The second kappa shape index (κ2) is 10.4. The Bertz CT molecular complexity index is 850. The molecule has 3 heterocycles. The van der Waals surface area contributed by atoms with Gasteiger partial charge in [-0.2, -0.15) is 0 Å². The third-order valence-electron chi connectivity index (χ3n) is 6.50. The van der Waals surface area contributed by atoms with Crippen molar-refractivity contribution >= 4 is 17.8 Å². The van der Waals surface area contributed by atoms with Gasteiger partial charge < -0.3 is 24.4 Å². The Morgan fingerprint density at radius 2 is 1.79 bits per heavy atom. The number of carbonyl (C=O) groups is 3. The smallest absolute Gasteiger partial charge is 0.327 e. The molecule has 0 radical (unpaired) electrons. The topological polar surface area (TPSA) is 101 Å². The van der Waals surface area contributed by atoms with Gasteiger partial charge >= 0.3 is 6.03 Å². The predicted octanol–water partition coefficient (Wildman–Crippen LogP) is 0.621. The molecule has 10 heteroatoms. The van der Waals surface area contributed by atoms with Crippen LogP contribution in [0.15, 0.2) is 12.1 Å². The summed E-state index contributed by atoms with van der Waals surface area (Å²) in [6.45, 7) is 5.21. The van der Waals surface area contributed by atoms with E-state index < -0.39 is 6.04 Å². The van der Waals surface area contributed by atoms with Gasteiger partial charge in [0.15, 0.2) is 11.5 Å². The third kappa shape index (κ3) is 5.06. The number of hydrogen-bond acceptors (Lipinski definition) is 7. The molecule has 3 aliphatic rings. The van der Waals surface area contributed by atoms with Gasteiger partial charge in [-0.05, 0) is 29.7 Å². The summed E-state index contributed by atoms with van der Waals surface area (Å²) in [5.74, 6) is 0.946. The van der Waals surface area contributed by atoms with E-state index in [1.54, 1.807) is 19.1 Å². The minimum absolute atomic E-state index is 0.0633. The zero-order valence-electron chi connectivity index (χ0n) is 19.3. The first-order chi connectivity index (χ1) is 16.0. The van der Waals surface area contributed by atoms with E-state index in [9.17, 15) is 14.4 Å². The minimum Gasteiger partial charge on any atom is -0.493 e. The highest BCUT2D eigenvalue weighted by molar-refractivity contribution is 6.04. The van der Waals surface area contributed by atoms with Crippen molar-refractivity contribution in [2.24, 2.45) is 0 Å². The molecule has 0 spiro atoms. The maximum Gasteiger partial charge on any atom is 0.327 e. The molecule has 1 aromatic rings. The first kappa shape index (κ1) is 23.3. The van der Waals surface area contributed by atoms with Crippen LogP contribution in [0.3, 0.4) is 0 Å². The number of morpholine rings is 1. The fraction of sp³-hybridized carbons (Fsp3) is 0.609.